The van der Waals surface area contributed by atoms with E-state index >= 15 is 0 Å². The summed E-state index contributed by atoms with van der Waals surface area (Å²) in [4.78, 5) is 13.3. The molecule has 0 heterocycles. The van der Waals surface area contributed by atoms with Gasteiger partial charge in [-0.1, -0.05) is 27.7 Å². The molecule has 0 rings (SSSR count). The lowest BCUT2D eigenvalue weighted by Gasteiger charge is -2.27. The Hall–Kier alpha value is -1.04. The maximum atomic E-state index is 11.7. The Bertz CT molecular complexity index is 235. The highest BCUT2D eigenvalue weighted by atomic mass is 16.2. The second-order valence-electron chi connectivity index (χ2n) is 4.84. The van der Waals surface area contributed by atoms with Gasteiger partial charge in [0.25, 0.3) is 0 Å². The zero-order valence-electron chi connectivity index (χ0n) is 9.79. The normalized spacial score (nSPS) is 13.1. The Balaban J connectivity index is 4.34. The van der Waals surface area contributed by atoms with Gasteiger partial charge in [0.05, 0.1) is 6.07 Å². The zero-order chi connectivity index (χ0) is 11.4. The van der Waals surface area contributed by atoms with Gasteiger partial charge in [-0.05, 0) is 11.8 Å². The van der Waals surface area contributed by atoms with Crippen LogP contribution < -0.4 is 0 Å². The van der Waals surface area contributed by atoms with E-state index in [0.29, 0.717) is 13.0 Å². The topological polar surface area (TPSA) is 44.1 Å². The largest absolute Gasteiger partial charge is 0.344 e. The summed E-state index contributed by atoms with van der Waals surface area (Å²) in [5.41, 5.74) is 0.0815. The number of hydrogen-bond acceptors (Lipinski definition) is 2. The van der Waals surface area contributed by atoms with E-state index in [1.807, 2.05) is 13.0 Å². The quantitative estimate of drug-likeness (QED) is 0.693. The molecule has 1 amide bonds. The maximum absolute atomic E-state index is 11.7. The molecule has 0 bridgehead atoms. The van der Waals surface area contributed by atoms with E-state index in [-0.39, 0.29) is 11.3 Å². The smallest absolute Gasteiger partial charge is 0.239 e. The number of amides is 1. The minimum atomic E-state index is -0.484. The summed E-state index contributed by atoms with van der Waals surface area (Å²) >= 11 is 0. The molecule has 0 spiro atoms. The molecule has 0 aliphatic carbocycles. The van der Waals surface area contributed by atoms with Gasteiger partial charge in [0.15, 0.2) is 0 Å². The molecule has 14 heavy (non-hydrogen) atoms. The molecule has 0 aromatic carbocycles. The fourth-order valence-corrected chi connectivity index (χ4v) is 1.38. The van der Waals surface area contributed by atoms with Crippen LogP contribution in [0.3, 0.4) is 0 Å². The van der Waals surface area contributed by atoms with Crippen LogP contribution in [0.4, 0.5) is 0 Å². The molecule has 0 fully saturated rings. The van der Waals surface area contributed by atoms with Gasteiger partial charge >= 0.3 is 0 Å². The van der Waals surface area contributed by atoms with Crippen molar-refractivity contribution in [2.24, 2.45) is 11.3 Å². The van der Waals surface area contributed by atoms with Gasteiger partial charge in [0.1, 0.15) is 5.92 Å². The van der Waals surface area contributed by atoms with Gasteiger partial charge in [-0.15, -0.1) is 0 Å². The Labute approximate surface area is 86.7 Å². The average Bonchev–Trinajstić information content (AvgIpc) is 2.03. The Morgan fingerprint density at radius 2 is 2.00 bits per heavy atom. The summed E-state index contributed by atoms with van der Waals surface area (Å²) in [6.07, 6.45) is 0.587. The summed E-state index contributed by atoms with van der Waals surface area (Å²) in [5, 5.41) is 8.75. The molecule has 0 N–H and O–H groups in total. The summed E-state index contributed by atoms with van der Waals surface area (Å²) in [6, 6.07) is 2.03. The monoisotopic (exact) mass is 196 g/mol. The van der Waals surface area contributed by atoms with Gasteiger partial charge in [-0.2, -0.15) is 5.26 Å². The van der Waals surface area contributed by atoms with Crippen molar-refractivity contribution >= 4 is 5.91 Å². The molecule has 80 valence electrons. The average molecular weight is 196 g/mol. The third-order valence-electron chi connectivity index (χ3n) is 1.95. The molecule has 1 unspecified atom stereocenters. The first-order chi connectivity index (χ1) is 6.31. The van der Waals surface area contributed by atoms with Crippen molar-refractivity contribution in [3.63, 3.8) is 0 Å². The number of nitriles is 1. The van der Waals surface area contributed by atoms with E-state index < -0.39 is 5.92 Å². The van der Waals surface area contributed by atoms with E-state index in [1.165, 1.54) is 0 Å². The van der Waals surface area contributed by atoms with Gasteiger partial charge in [-0.3, -0.25) is 4.79 Å². The third kappa shape index (κ3) is 4.27. The van der Waals surface area contributed by atoms with E-state index in [2.05, 4.69) is 20.8 Å². The standard InChI is InChI=1S/C11H20N2O/c1-6-9(7-12)10(14)13(5)8-11(2,3)4/h9H,6,8H2,1-5H3. The second kappa shape index (κ2) is 4.99. The molecule has 1 atom stereocenters. The lowest BCUT2D eigenvalue weighted by Crippen LogP contribution is -2.37. The molecule has 3 nitrogen and oxygen atoms in total. The van der Waals surface area contributed by atoms with Gasteiger partial charge in [0.2, 0.25) is 5.91 Å². The molecule has 0 radical (unpaired) electrons. The van der Waals surface area contributed by atoms with Gasteiger partial charge in [0, 0.05) is 13.6 Å². The lowest BCUT2D eigenvalue weighted by atomic mass is 9.95. The second-order valence-corrected chi connectivity index (χ2v) is 4.84. The first-order valence-electron chi connectivity index (χ1n) is 4.96. The van der Waals surface area contributed by atoms with Crippen LogP contribution in [0.15, 0.2) is 0 Å². The van der Waals surface area contributed by atoms with Gasteiger partial charge in [-0.25, -0.2) is 0 Å². The van der Waals surface area contributed by atoms with Crippen LogP contribution in [0, 0.1) is 22.7 Å². The van der Waals surface area contributed by atoms with E-state index in [9.17, 15) is 4.79 Å². The molecule has 3 heteroatoms. The third-order valence-corrected chi connectivity index (χ3v) is 1.95. The van der Waals surface area contributed by atoms with Crippen molar-refractivity contribution in [2.45, 2.75) is 34.1 Å². The molecule has 0 aliphatic rings. The van der Waals surface area contributed by atoms with E-state index in [4.69, 9.17) is 5.26 Å². The van der Waals surface area contributed by atoms with Crippen LogP contribution in [-0.4, -0.2) is 24.4 Å². The zero-order valence-corrected chi connectivity index (χ0v) is 9.79. The molecule has 0 saturated heterocycles. The summed E-state index contributed by atoms with van der Waals surface area (Å²) in [5.74, 6) is -0.549. The molecule has 0 aromatic heterocycles. The van der Waals surface area contributed by atoms with Crippen molar-refractivity contribution in [1.29, 1.82) is 5.26 Å². The SMILES string of the molecule is CCC(C#N)C(=O)N(C)CC(C)(C)C. The highest BCUT2D eigenvalue weighted by Crippen LogP contribution is 2.16. The fourth-order valence-electron chi connectivity index (χ4n) is 1.38. The van der Waals surface area contributed by atoms with Crippen molar-refractivity contribution in [1.82, 2.24) is 4.90 Å². The molecule has 0 aliphatic heterocycles. The first-order valence-corrected chi connectivity index (χ1v) is 4.96. The number of hydrogen-bond donors (Lipinski definition) is 0. The first kappa shape index (κ1) is 13.0. The van der Waals surface area contributed by atoms with Crippen molar-refractivity contribution in [2.75, 3.05) is 13.6 Å². The van der Waals surface area contributed by atoms with Crippen LogP contribution in [0.2, 0.25) is 0 Å². The highest BCUT2D eigenvalue weighted by molar-refractivity contribution is 5.80. The minimum Gasteiger partial charge on any atom is -0.344 e. The summed E-state index contributed by atoms with van der Waals surface area (Å²) in [6.45, 7) is 8.76. The minimum absolute atomic E-state index is 0.0649. The molecular weight excluding hydrogens is 176 g/mol. The number of nitrogens with zero attached hydrogens (tertiary/aromatic N) is 2. The van der Waals surface area contributed by atoms with Crippen molar-refractivity contribution < 1.29 is 4.79 Å². The van der Waals surface area contributed by atoms with Crippen LogP contribution in [0.5, 0.6) is 0 Å². The van der Waals surface area contributed by atoms with E-state index in [1.54, 1.807) is 11.9 Å². The molecule has 0 aromatic rings. The Morgan fingerprint density at radius 3 is 2.29 bits per heavy atom. The fraction of sp³-hybridized carbons (Fsp3) is 0.818. The van der Waals surface area contributed by atoms with Crippen LogP contribution in [0.1, 0.15) is 34.1 Å². The van der Waals surface area contributed by atoms with Crippen LogP contribution in [-0.2, 0) is 4.79 Å². The predicted molar refractivity (Wildman–Crippen MR) is 56.5 cm³/mol. The van der Waals surface area contributed by atoms with E-state index in [0.717, 1.165) is 0 Å². The predicted octanol–water partition coefficient (Wildman–Crippen LogP) is 2.04. The number of carbonyl (C=O) groups excluding carboxylic acids is 1. The van der Waals surface area contributed by atoms with Crippen LogP contribution >= 0.6 is 0 Å². The maximum Gasteiger partial charge on any atom is 0.239 e. The molecular formula is C11H20N2O. The van der Waals surface area contributed by atoms with Crippen molar-refractivity contribution in [3.8, 4) is 6.07 Å². The highest BCUT2D eigenvalue weighted by Gasteiger charge is 2.23. The van der Waals surface area contributed by atoms with Crippen molar-refractivity contribution in [3.05, 3.63) is 0 Å². The number of carbonyl (C=O) groups is 1. The van der Waals surface area contributed by atoms with Gasteiger partial charge < -0.3 is 4.90 Å². The Morgan fingerprint density at radius 1 is 1.50 bits per heavy atom. The van der Waals surface area contributed by atoms with Crippen LogP contribution in [0.25, 0.3) is 0 Å². The number of rotatable bonds is 3. The summed E-state index contributed by atoms with van der Waals surface area (Å²) in [7, 11) is 1.76. The lowest BCUT2D eigenvalue weighted by molar-refractivity contribution is -0.133. The Kier molecular flexibility index (Phi) is 4.62. The molecule has 0 saturated carbocycles. The summed E-state index contributed by atoms with van der Waals surface area (Å²) < 4.78 is 0.